The second kappa shape index (κ2) is 8.18. The predicted octanol–water partition coefficient (Wildman–Crippen LogP) is 3.48. The summed E-state index contributed by atoms with van der Waals surface area (Å²) in [6.07, 6.45) is 8.62. The van der Waals surface area contributed by atoms with Gasteiger partial charge in [-0.05, 0) is 62.4 Å². The second-order valence-corrected chi connectivity index (χ2v) is 10.4. The van der Waals surface area contributed by atoms with Crippen molar-refractivity contribution in [3.8, 4) is 0 Å². The SMILES string of the molecule is CC(=O)OCCN(CC12CCC(=O)C=C1CCC1C3CCC(=O)C3(C)CCC12)C(C)=O. The third kappa shape index (κ3) is 3.76. The van der Waals surface area contributed by atoms with Crippen molar-refractivity contribution in [1.29, 1.82) is 0 Å². The van der Waals surface area contributed by atoms with Crippen molar-refractivity contribution in [3.05, 3.63) is 11.6 Å². The summed E-state index contributed by atoms with van der Waals surface area (Å²) in [5, 5.41) is 0. The number of fused-ring (bicyclic) bond motifs is 5. The molecule has 0 saturated heterocycles. The number of nitrogens with zero attached hydrogens (tertiary/aromatic N) is 1. The van der Waals surface area contributed by atoms with Gasteiger partial charge < -0.3 is 9.64 Å². The van der Waals surface area contributed by atoms with E-state index in [2.05, 4.69) is 6.92 Å². The van der Waals surface area contributed by atoms with Crippen molar-refractivity contribution >= 4 is 23.4 Å². The van der Waals surface area contributed by atoms with Gasteiger partial charge in [0.2, 0.25) is 5.91 Å². The van der Waals surface area contributed by atoms with E-state index in [0.717, 1.165) is 38.5 Å². The Kier molecular flexibility index (Phi) is 5.86. The van der Waals surface area contributed by atoms with Gasteiger partial charge in [-0.15, -0.1) is 0 Å². The van der Waals surface area contributed by atoms with Gasteiger partial charge in [0.05, 0.1) is 6.54 Å². The first-order valence-electron chi connectivity index (χ1n) is 11.8. The van der Waals surface area contributed by atoms with Crippen LogP contribution in [0.2, 0.25) is 0 Å². The summed E-state index contributed by atoms with van der Waals surface area (Å²) >= 11 is 0. The number of amides is 1. The van der Waals surface area contributed by atoms with Gasteiger partial charge in [0.1, 0.15) is 12.4 Å². The molecular formula is C25H35NO5. The molecule has 0 aromatic carbocycles. The fraction of sp³-hybridized carbons (Fsp3) is 0.760. The maximum absolute atomic E-state index is 12.7. The first-order valence-corrected chi connectivity index (χ1v) is 11.8. The summed E-state index contributed by atoms with van der Waals surface area (Å²) in [6.45, 7) is 6.24. The van der Waals surface area contributed by atoms with Crippen LogP contribution in [0.5, 0.6) is 0 Å². The number of carbonyl (C=O) groups is 4. The summed E-state index contributed by atoms with van der Waals surface area (Å²) in [5.41, 5.74) is 0.812. The highest BCUT2D eigenvalue weighted by molar-refractivity contribution is 5.92. The van der Waals surface area contributed by atoms with E-state index in [1.807, 2.05) is 11.0 Å². The van der Waals surface area contributed by atoms with E-state index in [4.69, 9.17) is 4.74 Å². The first kappa shape index (κ1) is 22.2. The Bertz CT molecular complexity index is 832. The molecule has 6 nitrogen and oxygen atoms in total. The second-order valence-electron chi connectivity index (χ2n) is 10.4. The molecule has 5 atom stereocenters. The molecule has 0 aliphatic heterocycles. The van der Waals surface area contributed by atoms with E-state index >= 15 is 0 Å². The van der Waals surface area contributed by atoms with Gasteiger partial charge in [-0.3, -0.25) is 19.2 Å². The molecule has 0 radical (unpaired) electrons. The van der Waals surface area contributed by atoms with E-state index in [0.29, 0.717) is 49.5 Å². The molecule has 0 N–H and O–H groups in total. The zero-order chi connectivity index (χ0) is 22.4. The molecule has 1 amide bonds. The van der Waals surface area contributed by atoms with E-state index in [9.17, 15) is 19.2 Å². The molecule has 6 heteroatoms. The van der Waals surface area contributed by atoms with Gasteiger partial charge in [0.15, 0.2) is 5.78 Å². The minimum Gasteiger partial charge on any atom is -0.464 e. The predicted molar refractivity (Wildman–Crippen MR) is 115 cm³/mol. The van der Waals surface area contributed by atoms with Gasteiger partial charge in [-0.2, -0.15) is 0 Å². The van der Waals surface area contributed by atoms with Crippen LogP contribution in [0.25, 0.3) is 0 Å². The molecule has 4 aliphatic carbocycles. The van der Waals surface area contributed by atoms with Crippen LogP contribution in [0.1, 0.15) is 72.1 Å². The molecule has 4 aliphatic rings. The van der Waals surface area contributed by atoms with Crippen LogP contribution in [0, 0.1) is 28.6 Å². The zero-order valence-corrected chi connectivity index (χ0v) is 19.1. The van der Waals surface area contributed by atoms with Crippen molar-refractivity contribution in [3.63, 3.8) is 0 Å². The maximum atomic E-state index is 12.7. The van der Waals surface area contributed by atoms with Crippen molar-refractivity contribution in [2.75, 3.05) is 19.7 Å². The Labute approximate surface area is 184 Å². The first-order chi connectivity index (χ1) is 14.7. The topological polar surface area (TPSA) is 80.8 Å². The quantitative estimate of drug-likeness (QED) is 0.625. The van der Waals surface area contributed by atoms with Gasteiger partial charge in [0, 0.05) is 44.1 Å². The third-order valence-corrected chi connectivity index (χ3v) is 8.98. The lowest BCUT2D eigenvalue weighted by Gasteiger charge is -2.58. The fourth-order valence-electron chi connectivity index (χ4n) is 7.42. The monoisotopic (exact) mass is 429 g/mol. The summed E-state index contributed by atoms with van der Waals surface area (Å²) in [5.74, 6) is 1.52. The molecule has 4 rings (SSSR count). The molecule has 0 aromatic rings. The smallest absolute Gasteiger partial charge is 0.302 e. The minimum atomic E-state index is -0.347. The number of hydrogen-bond donors (Lipinski definition) is 0. The van der Waals surface area contributed by atoms with Crippen LogP contribution in [-0.2, 0) is 23.9 Å². The van der Waals surface area contributed by atoms with Crippen LogP contribution in [-0.4, -0.2) is 48.0 Å². The average molecular weight is 430 g/mol. The van der Waals surface area contributed by atoms with E-state index in [1.165, 1.54) is 12.5 Å². The van der Waals surface area contributed by atoms with E-state index in [1.54, 1.807) is 6.92 Å². The highest BCUT2D eigenvalue weighted by Crippen LogP contribution is 2.64. The number of carbonyl (C=O) groups excluding carboxylic acids is 4. The van der Waals surface area contributed by atoms with Crippen molar-refractivity contribution < 1.29 is 23.9 Å². The number of esters is 1. The molecule has 31 heavy (non-hydrogen) atoms. The summed E-state index contributed by atoms with van der Waals surface area (Å²) in [7, 11) is 0. The van der Waals surface area contributed by atoms with Gasteiger partial charge >= 0.3 is 5.97 Å². The molecule has 3 fully saturated rings. The summed E-state index contributed by atoms with van der Waals surface area (Å²) < 4.78 is 5.11. The molecule has 0 heterocycles. The Hall–Kier alpha value is -1.98. The molecule has 3 saturated carbocycles. The lowest BCUT2D eigenvalue weighted by Crippen LogP contribution is -2.56. The molecule has 170 valence electrons. The van der Waals surface area contributed by atoms with E-state index < -0.39 is 0 Å². The third-order valence-electron chi connectivity index (χ3n) is 8.98. The molecule has 0 aromatic heterocycles. The number of ether oxygens (including phenoxy) is 1. The number of Topliss-reactive ketones (excluding diaryl/α,β-unsaturated/α-hetero) is 1. The van der Waals surface area contributed by atoms with Crippen molar-refractivity contribution in [1.82, 2.24) is 4.90 Å². The van der Waals surface area contributed by atoms with Gasteiger partial charge in [0.25, 0.3) is 0 Å². The Morgan fingerprint density at radius 3 is 2.55 bits per heavy atom. The fourth-order valence-corrected chi connectivity index (χ4v) is 7.42. The molecular weight excluding hydrogens is 394 g/mol. The Balaban J connectivity index is 1.65. The van der Waals surface area contributed by atoms with Crippen molar-refractivity contribution in [2.45, 2.75) is 72.1 Å². The number of hydrogen-bond acceptors (Lipinski definition) is 5. The molecule has 0 bridgehead atoms. The molecule has 0 spiro atoms. The number of rotatable bonds is 5. The van der Waals surface area contributed by atoms with Gasteiger partial charge in [-0.1, -0.05) is 12.5 Å². The van der Waals surface area contributed by atoms with Gasteiger partial charge in [-0.25, -0.2) is 0 Å². The Morgan fingerprint density at radius 2 is 1.84 bits per heavy atom. The van der Waals surface area contributed by atoms with Crippen LogP contribution in [0.3, 0.4) is 0 Å². The van der Waals surface area contributed by atoms with Crippen LogP contribution >= 0.6 is 0 Å². The zero-order valence-electron chi connectivity index (χ0n) is 19.1. The summed E-state index contributed by atoms with van der Waals surface area (Å²) in [6, 6.07) is 0. The minimum absolute atomic E-state index is 0.0309. The van der Waals surface area contributed by atoms with Crippen LogP contribution in [0.4, 0.5) is 0 Å². The van der Waals surface area contributed by atoms with Crippen LogP contribution < -0.4 is 0 Å². The highest BCUT2D eigenvalue weighted by Gasteiger charge is 2.60. The highest BCUT2D eigenvalue weighted by atomic mass is 16.5. The lowest BCUT2D eigenvalue weighted by atomic mass is 9.47. The maximum Gasteiger partial charge on any atom is 0.302 e. The van der Waals surface area contributed by atoms with E-state index in [-0.39, 0.29) is 35.1 Å². The molecule has 5 unspecified atom stereocenters. The summed E-state index contributed by atoms with van der Waals surface area (Å²) in [4.78, 5) is 50.5. The van der Waals surface area contributed by atoms with Crippen molar-refractivity contribution in [2.24, 2.45) is 28.6 Å². The standard InChI is InChI=1S/C25H35NO5/c1-16(27)26(12-13-31-17(2)28)15-25-11-8-19(29)14-18(25)4-5-20-21-6-7-23(30)24(21,3)10-9-22(20)25/h14,20-22H,4-13,15H2,1-3H3. The normalized spacial score (nSPS) is 36.7. The average Bonchev–Trinajstić information content (AvgIpc) is 3.02. The largest absolute Gasteiger partial charge is 0.464 e. The Morgan fingerprint density at radius 1 is 1.06 bits per heavy atom. The lowest BCUT2D eigenvalue weighted by molar-refractivity contribution is -0.145. The van der Waals surface area contributed by atoms with Crippen LogP contribution in [0.15, 0.2) is 11.6 Å². The number of ketones is 2.